The van der Waals surface area contributed by atoms with E-state index in [1.54, 1.807) is 26.1 Å². The zero-order valence-corrected chi connectivity index (χ0v) is 24.6. The van der Waals surface area contributed by atoms with Crippen LogP contribution in [0.4, 0.5) is 0 Å². The summed E-state index contributed by atoms with van der Waals surface area (Å²) in [6.07, 6.45) is 0.258. The van der Waals surface area contributed by atoms with Crippen LogP contribution in [0.3, 0.4) is 0 Å². The van der Waals surface area contributed by atoms with Crippen molar-refractivity contribution in [2.75, 3.05) is 13.6 Å². The van der Waals surface area contributed by atoms with Crippen molar-refractivity contribution in [2.45, 2.75) is 78.2 Å². The number of aryl methyl sites for hydroxylation is 1. The van der Waals surface area contributed by atoms with Crippen molar-refractivity contribution in [3.63, 3.8) is 0 Å². The van der Waals surface area contributed by atoms with E-state index in [-0.39, 0.29) is 42.6 Å². The van der Waals surface area contributed by atoms with Crippen LogP contribution in [0.1, 0.15) is 68.6 Å². The summed E-state index contributed by atoms with van der Waals surface area (Å²) in [6.45, 7) is 11.3. The maximum atomic E-state index is 14.0. The normalized spacial score (nSPS) is 19.3. The summed E-state index contributed by atoms with van der Waals surface area (Å²) >= 11 is 0. The average Bonchev–Trinajstić information content (AvgIpc) is 3.34. The predicted octanol–water partition coefficient (Wildman–Crippen LogP) is 2.71. The molecule has 5 atom stereocenters. The van der Waals surface area contributed by atoms with E-state index in [1.165, 1.54) is 4.90 Å². The van der Waals surface area contributed by atoms with Crippen molar-refractivity contribution in [2.24, 2.45) is 5.41 Å². The zero-order chi connectivity index (χ0) is 29.6. The SMILES string of the molecule is CN[C@@H](C)C(=O)N[C@H](C(=O)N1C[C@@H](NC(=O)c2ccc(C)cc2)C[C@H]1C(=O)N[C@@H](C)c1ccccc1)C(C)(C)C. The van der Waals surface area contributed by atoms with E-state index in [2.05, 4.69) is 21.3 Å². The van der Waals surface area contributed by atoms with Crippen LogP contribution in [0.15, 0.2) is 54.6 Å². The average molecular weight is 550 g/mol. The number of nitrogens with zero attached hydrogens (tertiary/aromatic N) is 1. The Kier molecular flexibility index (Phi) is 10.1. The summed E-state index contributed by atoms with van der Waals surface area (Å²) in [5, 5.41) is 11.8. The first-order valence-electron chi connectivity index (χ1n) is 13.8. The molecular formula is C31H43N5O4. The molecule has 4 N–H and O–H groups in total. The lowest BCUT2D eigenvalue weighted by Gasteiger charge is -2.36. The molecule has 1 aliphatic heterocycles. The van der Waals surface area contributed by atoms with Crippen molar-refractivity contribution >= 4 is 23.6 Å². The second-order valence-corrected chi connectivity index (χ2v) is 11.7. The third-order valence-corrected chi connectivity index (χ3v) is 7.42. The number of benzene rings is 2. The van der Waals surface area contributed by atoms with Gasteiger partial charge in [-0.25, -0.2) is 0 Å². The Morgan fingerprint density at radius 1 is 0.925 bits per heavy atom. The number of carbonyl (C=O) groups is 4. The lowest BCUT2D eigenvalue weighted by atomic mass is 9.85. The molecule has 0 saturated carbocycles. The van der Waals surface area contributed by atoms with Gasteiger partial charge in [0, 0.05) is 18.2 Å². The van der Waals surface area contributed by atoms with Crippen molar-refractivity contribution < 1.29 is 19.2 Å². The molecule has 0 spiro atoms. The third-order valence-electron chi connectivity index (χ3n) is 7.42. The number of carbonyl (C=O) groups excluding carboxylic acids is 4. The molecule has 0 unspecified atom stereocenters. The Hall–Kier alpha value is -3.72. The monoisotopic (exact) mass is 549 g/mol. The quantitative estimate of drug-likeness (QED) is 0.384. The van der Waals surface area contributed by atoms with Crippen LogP contribution in [0.2, 0.25) is 0 Å². The van der Waals surface area contributed by atoms with Gasteiger partial charge in [-0.15, -0.1) is 0 Å². The van der Waals surface area contributed by atoms with Gasteiger partial charge in [0.2, 0.25) is 17.7 Å². The highest BCUT2D eigenvalue weighted by atomic mass is 16.2. The van der Waals surface area contributed by atoms with E-state index < -0.39 is 29.6 Å². The number of hydrogen-bond acceptors (Lipinski definition) is 5. The van der Waals surface area contributed by atoms with Crippen LogP contribution in [-0.4, -0.2) is 66.3 Å². The molecule has 0 aliphatic carbocycles. The molecule has 2 aromatic rings. The van der Waals surface area contributed by atoms with E-state index in [0.717, 1.165) is 11.1 Å². The number of amides is 4. The van der Waals surface area contributed by atoms with Gasteiger partial charge < -0.3 is 26.2 Å². The fourth-order valence-electron chi connectivity index (χ4n) is 4.75. The minimum atomic E-state index is -0.871. The number of likely N-dealkylation sites (N-methyl/N-ethyl adjacent to an activating group) is 1. The van der Waals surface area contributed by atoms with Crippen molar-refractivity contribution in [1.29, 1.82) is 0 Å². The van der Waals surface area contributed by atoms with Gasteiger partial charge in [-0.3, -0.25) is 19.2 Å². The van der Waals surface area contributed by atoms with Gasteiger partial charge in [0.25, 0.3) is 5.91 Å². The molecule has 1 heterocycles. The predicted molar refractivity (Wildman–Crippen MR) is 155 cm³/mol. The molecular weight excluding hydrogens is 506 g/mol. The van der Waals surface area contributed by atoms with Crippen molar-refractivity contribution in [3.05, 3.63) is 71.3 Å². The first-order valence-corrected chi connectivity index (χ1v) is 13.8. The first-order chi connectivity index (χ1) is 18.8. The molecule has 0 radical (unpaired) electrons. The van der Waals surface area contributed by atoms with Crippen LogP contribution in [0.25, 0.3) is 0 Å². The highest BCUT2D eigenvalue weighted by molar-refractivity contribution is 5.96. The summed E-state index contributed by atoms with van der Waals surface area (Å²) in [4.78, 5) is 54.9. The minimum absolute atomic E-state index is 0.151. The van der Waals surface area contributed by atoms with Gasteiger partial charge >= 0.3 is 0 Å². The molecule has 1 fully saturated rings. The summed E-state index contributed by atoms with van der Waals surface area (Å²) in [5.41, 5.74) is 1.87. The van der Waals surface area contributed by atoms with Crippen LogP contribution in [0.5, 0.6) is 0 Å². The lowest BCUT2D eigenvalue weighted by Crippen LogP contribution is -2.59. The highest BCUT2D eigenvalue weighted by Crippen LogP contribution is 2.27. The van der Waals surface area contributed by atoms with Crippen molar-refractivity contribution in [1.82, 2.24) is 26.2 Å². The minimum Gasteiger partial charge on any atom is -0.348 e. The first kappa shape index (κ1) is 30.8. The number of hydrogen-bond donors (Lipinski definition) is 4. The molecule has 9 heteroatoms. The lowest BCUT2D eigenvalue weighted by molar-refractivity contribution is -0.144. The van der Waals surface area contributed by atoms with Crippen LogP contribution >= 0.6 is 0 Å². The smallest absolute Gasteiger partial charge is 0.251 e. The number of rotatable bonds is 9. The molecule has 0 bridgehead atoms. The molecule has 0 aromatic heterocycles. The molecule has 1 aliphatic rings. The second kappa shape index (κ2) is 13.1. The largest absolute Gasteiger partial charge is 0.348 e. The molecule has 1 saturated heterocycles. The molecule has 216 valence electrons. The van der Waals surface area contributed by atoms with Gasteiger partial charge in [-0.05, 0) is 57.4 Å². The van der Waals surface area contributed by atoms with Gasteiger partial charge in [0.05, 0.1) is 12.1 Å². The summed E-state index contributed by atoms with van der Waals surface area (Å²) in [6, 6.07) is 13.9. The van der Waals surface area contributed by atoms with Crippen LogP contribution < -0.4 is 21.3 Å². The maximum absolute atomic E-state index is 14.0. The molecule has 2 aromatic carbocycles. The standard InChI is InChI=1S/C31H43N5O4/c1-19-13-15-23(16-14-19)28(38)34-24-17-25(29(39)33-20(2)22-11-9-8-10-12-22)36(18-24)30(40)26(31(4,5)6)35-27(37)21(3)32-7/h8-16,20-21,24-26,32H,17-18H2,1-7H3,(H,33,39)(H,34,38)(H,35,37)/t20-,21-,24-,25-,26+/m0/s1. The third kappa shape index (κ3) is 7.69. The van der Waals surface area contributed by atoms with Gasteiger partial charge in [0.15, 0.2) is 0 Å². The van der Waals surface area contributed by atoms with E-state index >= 15 is 0 Å². The fraction of sp³-hybridized carbons (Fsp3) is 0.484. The number of nitrogens with one attached hydrogen (secondary N) is 4. The summed E-state index contributed by atoms with van der Waals surface area (Å²) < 4.78 is 0. The zero-order valence-electron chi connectivity index (χ0n) is 24.6. The summed E-state index contributed by atoms with van der Waals surface area (Å²) in [5.74, 6) is -1.24. The van der Waals surface area contributed by atoms with E-state index in [9.17, 15) is 19.2 Å². The van der Waals surface area contributed by atoms with Crippen molar-refractivity contribution in [3.8, 4) is 0 Å². The Morgan fingerprint density at radius 3 is 2.12 bits per heavy atom. The Morgan fingerprint density at radius 2 is 1.55 bits per heavy atom. The molecule has 9 nitrogen and oxygen atoms in total. The second-order valence-electron chi connectivity index (χ2n) is 11.7. The Labute approximate surface area is 237 Å². The van der Waals surface area contributed by atoms with Gasteiger partial charge in [-0.2, -0.15) is 0 Å². The number of likely N-dealkylation sites (tertiary alicyclic amines) is 1. The Bertz CT molecular complexity index is 1190. The van der Waals surface area contributed by atoms with Crippen LogP contribution in [-0.2, 0) is 14.4 Å². The van der Waals surface area contributed by atoms with E-state index in [0.29, 0.717) is 5.56 Å². The topological polar surface area (TPSA) is 120 Å². The van der Waals surface area contributed by atoms with Crippen LogP contribution in [0, 0.1) is 12.3 Å². The molecule has 40 heavy (non-hydrogen) atoms. The van der Waals surface area contributed by atoms with Gasteiger partial charge in [-0.1, -0.05) is 68.8 Å². The summed E-state index contributed by atoms with van der Waals surface area (Å²) in [7, 11) is 1.67. The van der Waals surface area contributed by atoms with Gasteiger partial charge in [0.1, 0.15) is 12.1 Å². The Balaban J connectivity index is 1.86. The van der Waals surface area contributed by atoms with E-state index in [1.807, 2.05) is 77.1 Å². The maximum Gasteiger partial charge on any atom is 0.251 e. The van der Waals surface area contributed by atoms with E-state index in [4.69, 9.17) is 0 Å². The highest BCUT2D eigenvalue weighted by Gasteiger charge is 2.45. The fourth-order valence-corrected chi connectivity index (χ4v) is 4.75. The molecule has 3 rings (SSSR count). The molecule has 4 amide bonds.